The average Bonchev–Trinajstić information content (AvgIpc) is 2.82. The molecule has 0 aliphatic rings. The third-order valence-corrected chi connectivity index (χ3v) is 5.84. The van der Waals surface area contributed by atoms with E-state index in [4.69, 9.17) is 17.0 Å². The van der Waals surface area contributed by atoms with Crippen molar-refractivity contribution in [1.82, 2.24) is 9.13 Å². The van der Waals surface area contributed by atoms with Crippen molar-refractivity contribution in [3.63, 3.8) is 0 Å². The fourth-order valence-corrected chi connectivity index (χ4v) is 4.13. The lowest BCUT2D eigenvalue weighted by Gasteiger charge is -2.18. The van der Waals surface area contributed by atoms with Crippen molar-refractivity contribution in [2.24, 2.45) is 4.99 Å². The molecule has 6 nitrogen and oxygen atoms in total. The first-order valence-corrected chi connectivity index (χ1v) is 11.3. The fraction of sp³-hybridized carbons (Fsp3) is 0.148. The first-order chi connectivity index (χ1) is 16.4. The third kappa shape index (κ3) is 4.30. The number of hydrogen-bond acceptors (Lipinski definition) is 5. The van der Waals surface area contributed by atoms with Crippen LogP contribution in [0.15, 0.2) is 82.6 Å². The summed E-state index contributed by atoms with van der Waals surface area (Å²) in [5.74, 6) is 0.318. The lowest BCUT2D eigenvalue weighted by atomic mass is 10.1. The summed E-state index contributed by atoms with van der Waals surface area (Å²) in [6.07, 6.45) is 1.37. The molecule has 34 heavy (non-hydrogen) atoms. The van der Waals surface area contributed by atoms with Crippen LogP contribution < -0.4 is 10.3 Å². The van der Waals surface area contributed by atoms with Gasteiger partial charge in [-0.25, -0.2) is 0 Å². The van der Waals surface area contributed by atoms with Crippen LogP contribution in [0.25, 0.3) is 11.4 Å². The zero-order chi connectivity index (χ0) is 24.2. The van der Waals surface area contributed by atoms with Crippen LogP contribution in [0.5, 0.6) is 11.6 Å². The number of aromatic nitrogens is 2. The Morgan fingerprint density at radius 2 is 1.47 bits per heavy atom. The van der Waals surface area contributed by atoms with Crippen molar-refractivity contribution < 1.29 is 9.84 Å². The van der Waals surface area contributed by atoms with Gasteiger partial charge in [0, 0.05) is 6.21 Å². The molecule has 4 aromatic rings. The van der Waals surface area contributed by atoms with Crippen molar-refractivity contribution in [2.45, 2.75) is 20.8 Å². The van der Waals surface area contributed by atoms with Crippen LogP contribution in [0.3, 0.4) is 0 Å². The SMILES string of the molecule is CCOc1ccccc1N=Cc1c(O)n(-c2ccccc2C)c(=S)n(-c2ccccc2C)c1=O. The molecule has 0 aliphatic heterocycles. The Morgan fingerprint density at radius 3 is 2.09 bits per heavy atom. The normalized spacial score (nSPS) is 11.1. The molecule has 172 valence electrons. The van der Waals surface area contributed by atoms with Gasteiger partial charge in [-0.05, 0) is 68.4 Å². The molecule has 4 rings (SSSR count). The van der Waals surface area contributed by atoms with Crippen molar-refractivity contribution in [1.29, 1.82) is 0 Å². The molecule has 0 fully saturated rings. The number of para-hydroxylation sites is 4. The van der Waals surface area contributed by atoms with Gasteiger partial charge in [0.15, 0.2) is 4.77 Å². The molecular formula is C27H25N3O3S. The summed E-state index contributed by atoms with van der Waals surface area (Å²) >= 11 is 5.74. The van der Waals surface area contributed by atoms with E-state index in [0.29, 0.717) is 29.4 Å². The van der Waals surface area contributed by atoms with Gasteiger partial charge < -0.3 is 9.84 Å². The number of aliphatic imine (C=N–C) groups is 1. The number of aromatic hydroxyl groups is 1. The monoisotopic (exact) mass is 471 g/mol. The molecule has 0 radical (unpaired) electrons. The second kappa shape index (κ2) is 9.89. The average molecular weight is 472 g/mol. The van der Waals surface area contributed by atoms with E-state index in [1.54, 1.807) is 6.07 Å². The molecule has 3 aromatic carbocycles. The zero-order valence-electron chi connectivity index (χ0n) is 19.2. The van der Waals surface area contributed by atoms with Gasteiger partial charge in [0.1, 0.15) is 17.0 Å². The number of hydrogen-bond donors (Lipinski definition) is 1. The maximum atomic E-state index is 13.7. The largest absolute Gasteiger partial charge is 0.494 e. The Balaban J connectivity index is 2.03. The van der Waals surface area contributed by atoms with E-state index >= 15 is 0 Å². The minimum Gasteiger partial charge on any atom is -0.494 e. The lowest BCUT2D eigenvalue weighted by Crippen LogP contribution is -2.27. The predicted octanol–water partition coefficient (Wildman–Crippen LogP) is 5.83. The summed E-state index contributed by atoms with van der Waals surface area (Å²) < 4.78 is 8.75. The Kier molecular flexibility index (Phi) is 6.75. The molecule has 0 amide bonds. The van der Waals surface area contributed by atoms with Crippen LogP contribution in [0, 0.1) is 18.6 Å². The Hall–Kier alpha value is -3.97. The molecule has 7 heteroatoms. The van der Waals surface area contributed by atoms with E-state index in [1.807, 2.05) is 87.5 Å². The Morgan fingerprint density at radius 1 is 0.912 bits per heavy atom. The molecule has 1 N–H and O–H groups in total. The van der Waals surface area contributed by atoms with Crippen LogP contribution in [-0.4, -0.2) is 27.1 Å². The summed E-state index contributed by atoms with van der Waals surface area (Å²) in [5, 5.41) is 11.3. The van der Waals surface area contributed by atoms with Crippen molar-refractivity contribution in [3.05, 3.63) is 105 Å². The highest BCUT2D eigenvalue weighted by Crippen LogP contribution is 2.28. The first kappa shape index (κ1) is 23.2. The summed E-state index contributed by atoms with van der Waals surface area (Å²) in [6, 6.07) is 22.3. The first-order valence-electron chi connectivity index (χ1n) is 10.9. The molecule has 0 bridgehead atoms. The van der Waals surface area contributed by atoms with Crippen molar-refractivity contribution >= 4 is 24.1 Å². The lowest BCUT2D eigenvalue weighted by molar-refractivity contribution is 0.341. The minimum absolute atomic E-state index is 0.0198. The molecule has 1 heterocycles. The number of nitrogens with zero attached hydrogens (tertiary/aromatic N) is 3. The molecular weight excluding hydrogens is 446 g/mol. The fourth-order valence-electron chi connectivity index (χ4n) is 3.76. The molecule has 0 saturated heterocycles. The number of ether oxygens (including phenoxy) is 1. The van der Waals surface area contributed by atoms with Gasteiger partial charge in [-0.3, -0.25) is 18.9 Å². The highest BCUT2D eigenvalue weighted by molar-refractivity contribution is 7.71. The second-order valence-corrected chi connectivity index (χ2v) is 8.09. The molecule has 1 aromatic heterocycles. The maximum Gasteiger partial charge on any atom is 0.271 e. The number of rotatable bonds is 6. The second-order valence-electron chi connectivity index (χ2n) is 7.73. The van der Waals surface area contributed by atoms with E-state index in [0.717, 1.165) is 11.1 Å². The van der Waals surface area contributed by atoms with Crippen molar-refractivity contribution in [3.8, 4) is 23.0 Å². The quantitative estimate of drug-likeness (QED) is 0.284. The zero-order valence-corrected chi connectivity index (χ0v) is 20.0. The molecule has 0 atom stereocenters. The summed E-state index contributed by atoms with van der Waals surface area (Å²) in [4.78, 5) is 18.2. The topological polar surface area (TPSA) is 68.8 Å². The van der Waals surface area contributed by atoms with Crippen molar-refractivity contribution in [2.75, 3.05) is 6.61 Å². The molecule has 0 saturated carbocycles. The predicted molar refractivity (Wildman–Crippen MR) is 138 cm³/mol. The smallest absolute Gasteiger partial charge is 0.271 e. The van der Waals surface area contributed by atoms with Gasteiger partial charge in [-0.15, -0.1) is 0 Å². The van der Waals surface area contributed by atoms with Gasteiger partial charge in [-0.2, -0.15) is 0 Å². The van der Waals surface area contributed by atoms with Gasteiger partial charge >= 0.3 is 0 Å². The minimum atomic E-state index is -0.459. The number of benzene rings is 3. The molecule has 0 spiro atoms. The van der Waals surface area contributed by atoms with E-state index in [9.17, 15) is 9.90 Å². The Labute approximate surface area is 203 Å². The molecule has 0 unspecified atom stereocenters. The van der Waals surface area contributed by atoms with Crippen LogP contribution in [0.2, 0.25) is 0 Å². The summed E-state index contributed by atoms with van der Waals surface area (Å²) in [7, 11) is 0. The highest BCUT2D eigenvalue weighted by Gasteiger charge is 2.19. The van der Waals surface area contributed by atoms with Crippen LogP contribution >= 0.6 is 12.2 Å². The van der Waals surface area contributed by atoms with E-state index < -0.39 is 5.56 Å². The van der Waals surface area contributed by atoms with Crippen LogP contribution in [-0.2, 0) is 0 Å². The summed E-state index contributed by atoms with van der Waals surface area (Å²) in [5.41, 5.74) is 3.21. The van der Waals surface area contributed by atoms with Gasteiger partial charge in [0.2, 0.25) is 5.88 Å². The highest BCUT2D eigenvalue weighted by atomic mass is 32.1. The van der Waals surface area contributed by atoms with E-state index in [1.165, 1.54) is 15.3 Å². The summed E-state index contributed by atoms with van der Waals surface area (Å²) in [6.45, 7) is 6.20. The standard InChI is InChI=1S/C27H25N3O3S/c1-4-33-24-16-10-7-13-21(24)28-17-20-25(31)29(22-14-8-5-11-18(22)2)27(34)30(26(20)32)23-15-9-6-12-19(23)3/h5-17,31H,4H2,1-3H3. The van der Waals surface area contributed by atoms with Crippen LogP contribution in [0.4, 0.5) is 5.69 Å². The van der Waals surface area contributed by atoms with Gasteiger partial charge in [0.05, 0.1) is 18.0 Å². The van der Waals surface area contributed by atoms with E-state index in [2.05, 4.69) is 4.99 Å². The van der Waals surface area contributed by atoms with Gasteiger partial charge in [0.25, 0.3) is 5.56 Å². The number of aryl methyl sites for hydroxylation is 2. The Bertz CT molecular complexity index is 1500. The third-order valence-electron chi connectivity index (χ3n) is 5.48. The molecule has 0 aliphatic carbocycles. The van der Waals surface area contributed by atoms with E-state index in [-0.39, 0.29) is 16.2 Å². The van der Waals surface area contributed by atoms with Gasteiger partial charge in [-0.1, -0.05) is 48.5 Å². The maximum absolute atomic E-state index is 13.7. The van der Waals surface area contributed by atoms with Crippen LogP contribution in [0.1, 0.15) is 23.6 Å².